The van der Waals surface area contributed by atoms with Gasteiger partial charge in [-0.15, -0.1) is 11.8 Å². The van der Waals surface area contributed by atoms with Gasteiger partial charge in [-0.1, -0.05) is 23.2 Å². The van der Waals surface area contributed by atoms with Crippen LogP contribution in [0, 0.1) is 0 Å². The maximum Gasteiger partial charge on any atom is 0.173 e. The summed E-state index contributed by atoms with van der Waals surface area (Å²) in [5, 5.41) is 1.13. The van der Waals surface area contributed by atoms with E-state index in [1.165, 1.54) is 0 Å². The lowest BCUT2D eigenvalue weighted by Gasteiger charge is -2.15. The predicted octanol–water partition coefficient (Wildman–Crippen LogP) is 3.42. The van der Waals surface area contributed by atoms with Crippen LogP contribution in [0.4, 0.5) is 0 Å². The molecule has 13 heavy (non-hydrogen) atoms. The van der Waals surface area contributed by atoms with Gasteiger partial charge < -0.3 is 0 Å². The Bertz CT molecular complexity index is 376. The largest absolute Gasteiger partial charge is 0.293 e. The van der Waals surface area contributed by atoms with Gasteiger partial charge in [-0.05, 0) is 17.7 Å². The van der Waals surface area contributed by atoms with E-state index in [1.54, 1.807) is 23.9 Å². The molecule has 1 aromatic rings. The summed E-state index contributed by atoms with van der Waals surface area (Å²) in [7, 11) is 0. The number of rotatable bonds is 0. The zero-order chi connectivity index (χ0) is 9.42. The molecule has 0 aliphatic carbocycles. The number of halogens is 2. The average molecular weight is 233 g/mol. The van der Waals surface area contributed by atoms with Gasteiger partial charge in [0.1, 0.15) is 0 Å². The Morgan fingerprint density at radius 1 is 1.23 bits per heavy atom. The summed E-state index contributed by atoms with van der Waals surface area (Å²) in [4.78, 5) is 11.5. The molecule has 0 atom stereocenters. The van der Waals surface area contributed by atoms with Crippen molar-refractivity contribution in [1.29, 1.82) is 0 Å². The van der Waals surface area contributed by atoms with Crippen molar-refractivity contribution in [3.63, 3.8) is 0 Å². The highest BCUT2D eigenvalue weighted by atomic mass is 35.5. The summed E-state index contributed by atoms with van der Waals surface area (Å²) in [5.74, 6) is 1.46. The smallest absolute Gasteiger partial charge is 0.173 e. The molecule has 1 aliphatic rings. The van der Waals surface area contributed by atoms with Gasteiger partial charge in [-0.25, -0.2) is 0 Å². The van der Waals surface area contributed by atoms with Crippen LogP contribution >= 0.6 is 35.0 Å². The molecule has 0 unspecified atom stereocenters. The summed E-state index contributed by atoms with van der Waals surface area (Å²) in [6, 6.07) is 3.38. The molecule has 0 saturated heterocycles. The summed E-state index contributed by atoms with van der Waals surface area (Å²) in [5.41, 5.74) is 1.61. The van der Waals surface area contributed by atoms with Crippen LogP contribution in [0.3, 0.4) is 0 Å². The maximum absolute atomic E-state index is 11.5. The molecule has 4 heteroatoms. The first kappa shape index (κ1) is 9.38. The zero-order valence-corrected chi connectivity index (χ0v) is 8.97. The van der Waals surface area contributed by atoms with Gasteiger partial charge >= 0.3 is 0 Å². The number of carbonyl (C=O) groups is 1. The van der Waals surface area contributed by atoms with E-state index in [-0.39, 0.29) is 5.78 Å². The molecule has 1 aliphatic heterocycles. The normalized spacial score (nSPS) is 15.7. The lowest BCUT2D eigenvalue weighted by Crippen LogP contribution is -2.12. The second-order valence-electron chi connectivity index (χ2n) is 2.83. The third-order valence-electron chi connectivity index (χ3n) is 1.94. The zero-order valence-electron chi connectivity index (χ0n) is 6.64. The highest BCUT2D eigenvalue weighted by Crippen LogP contribution is 2.32. The minimum atomic E-state index is 0.121. The molecule has 0 amide bonds. The Labute approximate surface area is 90.4 Å². The summed E-state index contributed by atoms with van der Waals surface area (Å²) < 4.78 is 0. The molecule has 68 valence electrons. The lowest BCUT2D eigenvalue weighted by molar-refractivity contribution is 0.102. The van der Waals surface area contributed by atoms with E-state index >= 15 is 0 Å². The number of ketones is 1. The fourth-order valence-electron chi connectivity index (χ4n) is 1.32. The number of carbonyl (C=O) groups excluding carboxylic acids is 1. The number of Topliss-reactive ketones (excluding diaryl/α,β-unsaturated/α-hetero) is 1. The van der Waals surface area contributed by atoms with Gasteiger partial charge in [0.15, 0.2) is 5.78 Å². The Morgan fingerprint density at radius 2 is 2.00 bits per heavy atom. The highest BCUT2D eigenvalue weighted by Gasteiger charge is 2.20. The molecule has 0 saturated carbocycles. The van der Waals surface area contributed by atoms with Crippen LogP contribution in [0.5, 0.6) is 0 Å². The molecule has 0 radical (unpaired) electrons. The predicted molar refractivity (Wildman–Crippen MR) is 57.0 cm³/mol. The van der Waals surface area contributed by atoms with E-state index in [4.69, 9.17) is 23.2 Å². The maximum atomic E-state index is 11.5. The third-order valence-corrected chi connectivity index (χ3v) is 3.45. The quantitative estimate of drug-likeness (QED) is 0.682. The fourth-order valence-corrected chi connectivity index (χ4v) is 2.92. The van der Waals surface area contributed by atoms with Crippen molar-refractivity contribution in [1.82, 2.24) is 0 Å². The van der Waals surface area contributed by atoms with Gasteiger partial charge in [0, 0.05) is 21.4 Å². The van der Waals surface area contributed by atoms with Gasteiger partial charge in [-0.3, -0.25) is 4.79 Å². The number of benzene rings is 1. The Hall–Kier alpha value is -0.180. The number of thioether (sulfide) groups is 1. The summed E-state index contributed by atoms with van der Waals surface area (Å²) in [6.07, 6.45) is 0. The monoisotopic (exact) mass is 232 g/mol. The van der Waals surface area contributed by atoms with Crippen LogP contribution in [0.15, 0.2) is 12.1 Å². The molecule has 0 aromatic heterocycles. The van der Waals surface area contributed by atoms with Crippen LogP contribution in [-0.2, 0) is 5.75 Å². The minimum Gasteiger partial charge on any atom is -0.293 e. The van der Waals surface area contributed by atoms with E-state index in [0.717, 1.165) is 11.3 Å². The molecule has 0 bridgehead atoms. The fraction of sp³-hybridized carbons (Fsp3) is 0.222. The molecule has 1 nitrogen and oxygen atoms in total. The van der Waals surface area contributed by atoms with Crippen LogP contribution < -0.4 is 0 Å². The minimum absolute atomic E-state index is 0.121. The second-order valence-corrected chi connectivity index (χ2v) is 4.66. The molecule has 0 N–H and O–H groups in total. The average Bonchev–Trinajstić information content (AvgIpc) is 2.07. The molecule has 1 aromatic carbocycles. The molecular weight excluding hydrogens is 227 g/mol. The SMILES string of the molecule is O=C1CSCc2c(Cl)cc(Cl)cc21. The van der Waals surface area contributed by atoms with Crippen molar-refractivity contribution in [2.45, 2.75) is 5.75 Å². The van der Waals surface area contributed by atoms with Crippen molar-refractivity contribution in [2.75, 3.05) is 5.75 Å². The Kier molecular flexibility index (Phi) is 2.54. The summed E-state index contributed by atoms with van der Waals surface area (Å²) in [6.45, 7) is 0. The first-order chi connectivity index (χ1) is 6.18. The van der Waals surface area contributed by atoms with E-state index < -0.39 is 0 Å². The highest BCUT2D eigenvalue weighted by molar-refractivity contribution is 7.99. The van der Waals surface area contributed by atoms with Crippen molar-refractivity contribution >= 4 is 40.7 Å². The number of fused-ring (bicyclic) bond motifs is 1. The third kappa shape index (κ3) is 1.71. The van der Waals surface area contributed by atoms with E-state index in [1.807, 2.05) is 0 Å². The van der Waals surface area contributed by atoms with Crippen molar-refractivity contribution in [2.24, 2.45) is 0 Å². The van der Waals surface area contributed by atoms with Gasteiger partial charge in [-0.2, -0.15) is 0 Å². The number of hydrogen-bond donors (Lipinski definition) is 0. The van der Waals surface area contributed by atoms with Crippen LogP contribution in [0.2, 0.25) is 10.0 Å². The molecular formula is C9H6Cl2OS. The Balaban J connectivity index is 2.63. The van der Waals surface area contributed by atoms with Gasteiger partial charge in [0.2, 0.25) is 0 Å². The van der Waals surface area contributed by atoms with Gasteiger partial charge in [0.25, 0.3) is 0 Å². The first-order valence-electron chi connectivity index (χ1n) is 3.77. The van der Waals surface area contributed by atoms with Crippen LogP contribution in [-0.4, -0.2) is 11.5 Å². The number of hydrogen-bond acceptors (Lipinski definition) is 2. The van der Waals surface area contributed by atoms with Crippen molar-refractivity contribution < 1.29 is 4.79 Å². The Morgan fingerprint density at radius 3 is 2.77 bits per heavy atom. The first-order valence-corrected chi connectivity index (χ1v) is 5.68. The molecule has 0 spiro atoms. The molecule has 2 rings (SSSR count). The van der Waals surface area contributed by atoms with E-state index in [2.05, 4.69) is 0 Å². The molecule has 1 heterocycles. The standard InChI is InChI=1S/C9H6Cl2OS/c10-5-1-6-7(8(11)2-5)3-13-4-9(6)12/h1-2H,3-4H2. The van der Waals surface area contributed by atoms with Crippen molar-refractivity contribution in [3.8, 4) is 0 Å². The van der Waals surface area contributed by atoms with E-state index in [0.29, 0.717) is 21.4 Å². The van der Waals surface area contributed by atoms with Crippen LogP contribution in [0.1, 0.15) is 15.9 Å². The van der Waals surface area contributed by atoms with E-state index in [9.17, 15) is 4.79 Å². The molecule has 0 fully saturated rings. The summed E-state index contributed by atoms with van der Waals surface area (Å²) >= 11 is 13.4. The van der Waals surface area contributed by atoms with Gasteiger partial charge in [0.05, 0.1) is 5.75 Å². The second kappa shape index (κ2) is 3.52. The lowest BCUT2D eigenvalue weighted by atomic mass is 10.1. The van der Waals surface area contributed by atoms with Crippen molar-refractivity contribution in [3.05, 3.63) is 33.3 Å². The topological polar surface area (TPSA) is 17.1 Å². The van der Waals surface area contributed by atoms with Crippen LogP contribution in [0.25, 0.3) is 0 Å².